The number of rotatable bonds is 7. The molecule has 1 amide bonds. The van der Waals surface area contributed by atoms with Gasteiger partial charge in [-0.25, -0.2) is 0 Å². The number of aryl methyl sites for hydroxylation is 4. The van der Waals surface area contributed by atoms with Crippen LogP contribution in [0.25, 0.3) is 0 Å². The molecule has 1 aliphatic rings. The lowest BCUT2D eigenvalue weighted by atomic mass is 10.1. The minimum Gasteiger partial charge on any atom is -0.489 e. The van der Waals surface area contributed by atoms with E-state index in [0.717, 1.165) is 67.4 Å². The van der Waals surface area contributed by atoms with E-state index < -0.39 is 0 Å². The van der Waals surface area contributed by atoms with Gasteiger partial charge in [-0.15, -0.1) is 0 Å². The second kappa shape index (κ2) is 10.2. The van der Waals surface area contributed by atoms with Crippen molar-refractivity contribution in [2.75, 3.05) is 26.2 Å². The SMILES string of the molecule is CCn1cc(CN2CCN(C(=O)c3cccc(COc4cc(C)ccc4C)c3)CC2)c(C)n1. The predicted molar refractivity (Wildman–Crippen MR) is 131 cm³/mol. The molecule has 0 radical (unpaired) electrons. The van der Waals surface area contributed by atoms with Gasteiger partial charge in [0.2, 0.25) is 0 Å². The predicted octanol–water partition coefficient (Wildman–Crippen LogP) is 4.37. The Kier molecular flexibility index (Phi) is 7.14. The molecule has 6 heteroatoms. The van der Waals surface area contributed by atoms with Crippen LogP contribution >= 0.6 is 0 Å². The Labute approximate surface area is 196 Å². The first kappa shape index (κ1) is 23.1. The van der Waals surface area contributed by atoms with Crippen molar-refractivity contribution in [2.45, 2.75) is 47.4 Å². The maximum atomic E-state index is 13.1. The van der Waals surface area contributed by atoms with Crippen molar-refractivity contribution >= 4 is 5.91 Å². The summed E-state index contributed by atoms with van der Waals surface area (Å²) in [4.78, 5) is 17.5. The van der Waals surface area contributed by atoms with Crippen molar-refractivity contribution in [1.82, 2.24) is 19.6 Å². The number of carbonyl (C=O) groups excluding carboxylic acids is 1. The molecule has 4 rings (SSSR count). The van der Waals surface area contributed by atoms with Crippen molar-refractivity contribution in [3.05, 3.63) is 82.2 Å². The van der Waals surface area contributed by atoms with Crippen LogP contribution in [-0.4, -0.2) is 51.7 Å². The van der Waals surface area contributed by atoms with Crippen molar-refractivity contribution in [1.29, 1.82) is 0 Å². The van der Waals surface area contributed by atoms with E-state index in [9.17, 15) is 4.79 Å². The van der Waals surface area contributed by atoms with Crippen LogP contribution in [0.3, 0.4) is 0 Å². The number of hydrogen-bond donors (Lipinski definition) is 0. The van der Waals surface area contributed by atoms with Crippen molar-refractivity contribution in [3.63, 3.8) is 0 Å². The third-order valence-electron chi connectivity index (χ3n) is 6.34. The molecule has 0 saturated carbocycles. The fourth-order valence-corrected chi connectivity index (χ4v) is 4.23. The molecular weight excluding hydrogens is 412 g/mol. The minimum atomic E-state index is 0.0956. The highest BCUT2D eigenvalue weighted by Gasteiger charge is 2.23. The highest BCUT2D eigenvalue weighted by Crippen LogP contribution is 2.21. The van der Waals surface area contributed by atoms with Gasteiger partial charge in [0.15, 0.2) is 0 Å². The zero-order valence-electron chi connectivity index (χ0n) is 20.2. The monoisotopic (exact) mass is 446 g/mol. The van der Waals surface area contributed by atoms with E-state index >= 15 is 0 Å². The number of piperazine rings is 1. The third-order valence-corrected chi connectivity index (χ3v) is 6.34. The van der Waals surface area contributed by atoms with E-state index in [1.165, 1.54) is 11.1 Å². The average molecular weight is 447 g/mol. The molecule has 0 unspecified atom stereocenters. The number of carbonyl (C=O) groups is 1. The van der Waals surface area contributed by atoms with Crippen LogP contribution in [0.15, 0.2) is 48.7 Å². The molecule has 2 aromatic carbocycles. The number of nitrogens with zero attached hydrogens (tertiary/aromatic N) is 4. The standard InChI is InChI=1S/C27H34N4O2/c1-5-31-18-25(22(4)28-31)17-29-11-13-30(14-12-29)27(32)24-8-6-7-23(16-24)19-33-26-15-20(2)9-10-21(26)3/h6-10,15-16,18H,5,11-14,17,19H2,1-4H3. The fraction of sp³-hybridized carbons (Fsp3) is 0.407. The average Bonchev–Trinajstić information content (AvgIpc) is 3.19. The molecule has 33 heavy (non-hydrogen) atoms. The molecule has 2 heterocycles. The van der Waals surface area contributed by atoms with Crippen LogP contribution in [0.1, 0.15) is 45.2 Å². The number of benzene rings is 2. The summed E-state index contributed by atoms with van der Waals surface area (Å²) < 4.78 is 8.02. The van der Waals surface area contributed by atoms with Crippen LogP contribution in [0.2, 0.25) is 0 Å². The molecule has 1 fully saturated rings. The topological polar surface area (TPSA) is 50.6 Å². The summed E-state index contributed by atoms with van der Waals surface area (Å²) in [5, 5.41) is 4.54. The maximum absolute atomic E-state index is 13.1. The molecule has 0 N–H and O–H groups in total. The Balaban J connectivity index is 1.33. The second-order valence-electron chi connectivity index (χ2n) is 8.92. The van der Waals surface area contributed by atoms with E-state index in [4.69, 9.17) is 4.74 Å². The Hall–Kier alpha value is -3.12. The van der Waals surface area contributed by atoms with Crippen LogP contribution < -0.4 is 4.74 Å². The number of ether oxygens (including phenoxy) is 1. The first-order valence-electron chi connectivity index (χ1n) is 11.8. The molecule has 3 aromatic rings. The summed E-state index contributed by atoms with van der Waals surface area (Å²) in [5.41, 5.74) is 6.38. The zero-order chi connectivity index (χ0) is 23.4. The van der Waals surface area contributed by atoms with Crippen LogP contribution in [0.4, 0.5) is 0 Å². The molecule has 1 saturated heterocycles. The fourth-order valence-electron chi connectivity index (χ4n) is 4.23. The van der Waals surface area contributed by atoms with Gasteiger partial charge in [-0.1, -0.05) is 24.3 Å². The highest BCUT2D eigenvalue weighted by atomic mass is 16.5. The molecule has 0 aliphatic carbocycles. The Morgan fingerprint density at radius 3 is 2.55 bits per heavy atom. The summed E-state index contributed by atoms with van der Waals surface area (Å²) in [6.45, 7) is 13.7. The van der Waals surface area contributed by atoms with Crippen LogP contribution in [0, 0.1) is 20.8 Å². The van der Waals surface area contributed by atoms with E-state index in [1.807, 2.05) is 40.8 Å². The van der Waals surface area contributed by atoms with Crippen molar-refractivity contribution < 1.29 is 9.53 Å². The normalized spacial score (nSPS) is 14.5. The maximum Gasteiger partial charge on any atom is 0.253 e. The van der Waals surface area contributed by atoms with Gasteiger partial charge in [0.25, 0.3) is 5.91 Å². The zero-order valence-corrected chi connectivity index (χ0v) is 20.2. The number of aromatic nitrogens is 2. The molecule has 0 bridgehead atoms. The lowest BCUT2D eigenvalue weighted by Gasteiger charge is -2.34. The van der Waals surface area contributed by atoms with E-state index in [1.54, 1.807) is 0 Å². The minimum absolute atomic E-state index is 0.0956. The second-order valence-corrected chi connectivity index (χ2v) is 8.92. The van der Waals surface area contributed by atoms with Gasteiger partial charge in [0.05, 0.1) is 5.69 Å². The summed E-state index contributed by atoms with van der Waals surface area (Å²) in [6.07, 6.45) is 2.14. The first-order chi connectivity index (χ1) is 15.9. The van der Waals surface area contributed by atoms with Crippen LogP contribution in [0.5, 0.6) is 5.75 Å². The molecule has 1 aromatic heterocycles. The molecule has 6 nitrogen and oxygen atoms in total. The van der Waals surface area contributed by atoms with Gasteiger partial charge in [-0.05, 0) is 62.6 Å². The molecule has 1 aliphatic heterocycles. The summed E-state index contributed by atoms with van der Waals surface area (Å²) in [6, 6.07) is 14.0. The van der Waals surface area contributed by atoms with Gasteiger partial charge in [0, 0.05) is 56.6 Å². The molecule has 0 atom stereocenters. The Morgan fingerprint density at radius 1 is 1.03 bits per heavy atom. The largest absolute Gasteiger partial charge is 0.489 e. The first-order valence-corrected chi connectivity index (χ1v) is 11.8. The molecule has 174 valence electrons. The number of hydrogen-bond acceptors (Lipinski definition) is 4. The van der Waals surface area contributed by atoms with Gasteiger partial charge < -0.3 is 9.64 Å². The van der Waals surface area contributed by atoms with E-state index in [0.29, 0.717) is 6.61 Å². The van der Waals surface area contributed by atoms with Crippen LogP contribution in [-0.2, 0) is 19.7 Å². The van der Waals surface area contributed by atoms with Crippen molar-refractivity contribution in [3.8, 4) is 5.75 Å². The summed E-state index contributed by atoms with van der Waals surface area (Å²) >= 11 is 0. The van der Waals surface area contributed by atoms with Crippen molar-refractivity contribution in [2.24, 2.45) is 0 Å². The quantitative estimate of drug-likeness (QED) is 0.541. The smallest absolute Gasteiger partial charge is 0.253 e. The van der Waals surface area contributed by atoms with E-state index in [2.05, 4.69) is 55.2 Å². The lowest BCUT2D eigenvalue weighted by molar-refractivity contribution is 0.0628. The van der Waals surface area contributed by atoms with Gasteiger partial charge >= 0.3 is 0 Å². The third kappa shape index (κ3) is 5.63. The lowest BCUT2D eigenvalue weighted by Crippen LogP contribution is -2.48. The van der Waals surface area contributed by atoms with Gasteiger partial charge in [-0.2, -0.15) is 5.10 Å². The Morgan fingerprint density at radius 2 is 1.82 bits per heavy atom. The summed E-state index contributed by atoms with van der Waals surface area (Å²) in [7, 11) is 0. The Bertz CT molecular complexity index is 1110. The van der Waals surface area contributed by atoms with Gasteiger partial charge in [-0.3, -0.25) is 14.4 Å². The molecule has 0 spiro atoms. The van der Waals surface area contributed by atoms with E-state index in [-0.39, 0.29) is 5.91 Å². The van der Waals surface area contributed by atoms with Gasteiger partial charge in [0.1, 0.15) is 12.4 Å². The molecular formula is C27H34N4O2. The number of amides is 1. The highest BCUT2D eigenvalue weighted by molar-refractivity contribution is 5.94. The summed E-state index contributed by atoms with van der Waals surface area (Å²) in [5.74, 6) is 0.987.